The molecule has 0 N–H and O–H groups in total. The average molecular weight is 302 g/mol. The first-order valence-electron chi connectivity index (χ1n) is 6.63. The Bertz CT molecular complexity index is 744. The molecule has 0 aliphatic rings. The number of esters is 1. The summed E-state index contributed by atoms with van der Waals surface area (Å²) in [4.78, 5) is 16.7. The Morgan fingerprint density at radius 1 is 1.23 bits per heavy atom. The Balaban J connectivity index is 2.59. The molecule has 0 radical (unpaired) electrons. The van der Waals surface area contributed by atoms with E-state index in [-0.39, 0.29) is 0 Å². The van der Waals surface area contributed by atoms with Crippen molar-refractivity contribution in [3.63, 3.8) is 0 Å². The molecule has 0 unspecified atom stereocenters. The first-order valence-corrected chi connectivity index (χ1v) is 6.63. The van der Waals surface area contributed by atoms with Crippen LogP contribution in [0.25, 0.3) is 16.6 Å². The highest BCUT2D eigenvalue weighted by atomic mass is 16.6. The van der Waals surface area contributed by atoms with Crippen LogP contribution < -0.4 is 0 Å². The number of ether oxygens (including phenoxy) is 2. The third-order valence-electron chi connectivity index (χ3n) is 3.22. The number of carbonyl (C=O) groups excluding carboxylic acids is 1. The smallest absolute Gasteiger partial charge is 0.358 e. The van der Waals surface area contributed by atoms with Gasteiger partial charge in [0.15, 0.2) is 5.70 Å². The van der Waals surface area contributed by atoms with Gasteiger partial charge >= 0.3 is 5.97 Å². The van der Waals surface area contributed by atoms with Gasteiger partial charge in [-0.05, 0) is 24.4 Å². The van der Waals surface area contributed by atoms with Crippen LogP contribution in [0, 0.1) is 0 Å². The van der Waals surface area contributed by atoms with Crippen molar-refractivity contribution in [1.29, 1.82) is 0 Å². The van der Waals surface area contributed by atoms with Crippen molar-refractivity contribution in [1.82, 2.24) is 4.57 Å². The molecule has 0 amide bonds. The maximum atomic E-state index is 11.9. The fourth-order valence-corrected chi connectivity index (χ4v) is 2.17. The number of benzene rings is 1. The summed E-state index contributed by atoms with van der Waals surface area (Å²) in [5.41, 5.74) is 2.78. The summed E-state index contributed by atoms with van der Waals surface area (Å²) in [7, 11) is 4.31. The minimum atomic E-state index is -0.480. The van der Waals surface area contributed by atoms with Gasteiger partial charge in [0.1, 0.15) is 13.4 Å². The lowest BCUT2D eigenvalue weighted by Gasteiger charge is -2.09. The second kappa shape index (κ2) is 6.80. The molecule has 2 rings (SSSR count). The molecular weight excluding hydrogens is 284 g/mol. The van der Waals surface area contributed by atoms with E-state index in [1.807, 2.05) is 31.2 Å². The van der Waals surface area contributed by atoms with E-state index in [1.54, 1.807) is 10.8 Å². The van der Waals surface area contributed by atoms with Crippen LogP contribution in [-0.4, -0.2) is 37.6 Å². The minimum Gasteiger partial charge on any atom is -0.502 e. The molecule has 22 heavy (non-hydrogen) atoms. The Morgan fingerprint density at radius 3 is 2.64 bits per heavy atom. The maximum absolute atomic E-state index is 11.9. The molecule has 116 valence electrons. The van der Waals surface area contributed by atoms with Gasteiger partial charge in [0.05, 0.1) is 25.4 Å². The lowest BCUT2D eigenvalue weighted by molar-refractivity contribution is -0.134. The number of nitrogens with zero attached hydrogens (tertiary/aromatic N) is 2. The molecule has 0 fully saturated rings. The van der Waals surface area contributed by atoms with Crippen molar-refractivity contribution in [3.05, 3.63) is 42.3 Å². The number of methoxy groups -OCH3 is 2. The SMILES string of the molecule is CO/C=C(/C(=O)OC)n1ccc2ccc(/C(C)=N/OC)cc21. The fourth-order valence-electron chi connectivity index (χ4n) is 2.17. The Morgan fingerprint density at radius 2 is 2.00 bits per heavy atom. The molecule has 6 nitrogen and oxygen atoms in total. The molecule has 1 aromatic heterocycles. The number of oxime groups is 1. The third kappa shape index (κ3) is 2.95. The third-order valence-corrected chi connectivity index (χ3v) is 3.22. The molecule has 2 aromatic rings. The van der Waals surface area contributed by atoms with Gasteiger partial charge < -0.3 is 18.9 Å². The van der Waals surface area contributed by atoms with Crippen LogP contribution in [0.3, 0.4) is 0 Å². The number of carbonyl (C=O) groups is 1. The van der Waals surface area contributed by atoms with Crippen molar-refractivity contribution in [2.45, 2.75) is 6.92 Å². The molecule has 0 aliphatic heterocycles. The van der Waals surface area contributed by atoms with E-state index in [0.29, 0.717) is 5.70 Å². The van der Waals surface area contributed by atoms with Gasteiger partial charge in [-0.1, -0.05) is 17.3 Å². The van der Waals surface area contributed by atoms with E-state index in [1.165, 1.54) is 27.6 Å². The Hall–Kier alpha value is -2.76. The van der Waals surface area contributed by atoms with E-state index in [4.69, 9.17) is 14.3 Å². The van der Waals surface area contributed by atoms with Crippen molar-refractivity contribution < 1.29 is 19.1 Å². The summed E-state index contributed by atoms with van der Waals surface area (Å²) in [6.07, 6.45) is 3.15. The second-order valence-electron chi connectivity index (χ2n) is 4.55. The molecule has 0 saturated heterocycles. The quantitative estimate of drug-likeness (QED) is 0.280. The summed E-state index contributed by atoms with van der Waals surface area (Å²) in [6, 6.07) is 7.74. The standard InChI is InChI=1S/C16H18N2O4/c1-11(17-22-4)13-6-5-12-7-8-18(14(12)9-13)15(10-20-2)16(19)21-3/h5-10H,1-4H3/b15-10-,17-11+. The number of hydrogen-bond acceptors (Lipinski definition) is 5. The first-order chi connectivity index (χ1) is 10.6. The summed E-state index contributed by atoms with van der Waals surface area (Å²) < 4.78 is 11.5. The van der Waals surface area contributed by atoms with Gasteiger partial charge in [0, 0.05) is 11.8 Å². The van der Waals surface area contributed by atoms with Crippen molar-refractivity contribution in [2.24, 2.45) is 5.16 Å². The summed E-state index contributed by atoms with van der Waals surface area (Å²) in [5, 5.41) is 4.91. The first kappa shape index (κ1) is 15.6. The molecule has 0 saturated carbocycles. The van der Waals surface area contributed by atoms with Gasteiger partial charge in [0.25, 0.3) is 0 Å². The molecule has 0 spiro atoms. The maximum Gasteiger partial charge on any atom is 0.358 e. The van der Waals surface area contributed by atoms with Crippen LogP contribution in [0.5, 0.6) is 0 Å². The van der Waals surface area contributed by atoms with Crippen molar-refractivity contribution >= 4 is 28.3 Å². The van der Waals surface area contributed by atoms with Crippen LogP contribution in [0.2, 0.25) is 0 Å². The molecule has 6 heteroatoms. The normalized spacial score (nSPS) is 12.4. The summed E-state index contributed by atoms with van der Waals surface area (Å²) >= 11 is 0. The Labute approximate surface area is 128 Å². The van der Waals surface area contributed by atoms with Crippen LogP contribution in [-0.2, 0) is 19.1 Å². The zero-order valence-corrected chi connectivity index (χ0v) is 13.0. The molecule has 1 aromatic carbocycles. The van der Waals surface area contributed by atoms with E-state index >= 15 is 0 Å². The fraction of sp³-hybridized carbons (Fsp3) is 0.250. The largest absolute Gasteiger partial charge is 0.502 e. The summed E-state index contributed by atoms with van der Waals surface area (Å²) in [5.74, 6) is -0.480. The molecule has 1 heterocycles. The number of rotatable bonds is 5. The Kier molecular flexibility index (Phi) is 4.83. The molecular formula is C16H18N2O4. The van der Waals surface area contributed by atoms with Gasteiger partial charge in [-0.25, -0.2) is 4.79 Å². The van der Waals surface area contributed by atoms with Crippen LogP contribution >= 0.6 is 0 Å². The number of fused-ring (bicyclic) bond motifs is 1. The highest BCUT2D eigenvalue weighted by Gasteiger charge is 2.15. The van der Waals surface area contributed by atoms with Crippen LogP contribution in [0.15, 0.2) is 41.9 Å². The topological polar surface area (TPSA) is 62.0 Å². The number of hydrogen-bond donors (Lipinski definition) is 0. The predicted molar refractivity (Wildman–Crippen MR) is 84.5 cm³/mol. The summed E-state index contributed by atoms with van der Waals surface area (Å²) in [6.45, 7) is 1.85. The van der Waals surface area contributed by atoms with Crippen molar-refractivity contribution in [3.8, 4) is 0 Å². The number of aromatic nitrogens is 1. The van der Waals surface area contributed by atoms with E-state index in [9.17, 15) is 4.79 Å². The highest BCUT2D eigenvalue weighted by Crippen LogP contribution is 2.22. The zero-order valence-electron chi connectivity index (χ0n) is 13.0. The van der Waals surface area contributed by atoms with E-state index in [0.717, 1.165) is 22.2 Å². The van der Waals surface area contributed by atoms with Gasteiger partial charge in [-0.2, -0.15) is 0 Å². The van der Waals surface area contributed by atoms with Crippen LogP contribution in [0.4, 0.5) is 0 Å². The lowest BCUT2D eigenvalue weighted by Crippen LogP contribution is -2.10. The average Bonchev–Trinajstić information content (AvgIpc) is 2.95. The predicted octanol–water partition coefficient (Wildman–Crippen LogP) is 2.63. The van der Waals surface area contributed by atoms with Crippen molar-refractivity contribution in [2.75, 3.05) is 21.3 Å². The molecule has 0 bridgehead atoms. The van der Waals surface area contributed by atoms with Crippen LogP contribution in [0.1, 0.15) is 12.5 Å². The van der Waals surface area contributed by atoms with Gasteiger partial charge in [-0.15, -0.1) is 0 Å². The molecule has 0 aliphatic carbocycles. The minimum absolute atomic E-state index is 0.290. The zero-order chi connectivity index (χ0) is 16.1. The van der Waals surface area contributed by atoms with Gasteiger partial charge in [0.2, 0.25) is 0 Å². The second-order valence-corrected chi connectivity index (χ2v) is 4.55. The van der Waals surface area contributed by atoms with E-state index in [2.05, 4.69) is 5.16 Å². The highest BCUT2D eigenvalue weighted by molar-refractivity contribution is 6.12. The van der Waals surface area contributed by atoms with E-state index < -0.39 is 5.97 Å². The van der Waals surface area contributed by atoms with Gasteiger partial charge in [-0.3, -0.25) is 0 Å². The molecule has 0 atom stereocenters. The lowest BCUT2D eigenvalue weighted by atomic mass is 10.1. The monoisotopic (exact) mass is 302 g/mol.